The second kappa shape index (κ2) is 8.82. The van der Waals surface area contributed by atoms with E-state index in [2.05, 4.69) is 5.32 Å². The highest BCUT2D eigenvalue weighted by Gasteiger charge is 2.14. The van der Waals surface area contributed by atoms with Crippen LogP contribution in [-0.4, -0.2) is 30.6 Å². The van der Waals surface area contributed by atoms with Crippen LogP contribution in [0.3, 0.4) is 0 Å². The fourth-order valence-electron chi connectivity index (χ4n) is 1.51. The monoisotopic (exact) mass is 282 g/mol. The Hall–Kier alpha value is -1.20. The highest BCUT2D eigenvalue weighted by atomic mass is 32.2. The number of thioether (sulfide) groups is 1. The molecular weight excluding hydrogens is 260 g/mol. The lowest BCUT2D eigenvalue weighted by molar-refractivity contribution is -0.117. The number of nitrogens with one attached hydrogen (secondary N) is 1. The molecule has 4 nitrogen and oxygen atoms in total. The number of rotatable bonds is 8. The second-order valence-corrected chi connectivity index (χ2v) is 5.21. The fraction of sp³-hybridized carbons (Fsp3) is 0.500. The summed E-state index contributed by atoms with van der Waals surface area (Å²) in [5, 5.41) is 2.83. The smallest absolute Gasteiger partial charge is 0.241 e. The van der Waals surface area contributed by atoms with Gasteiger partial charge >= 0.3 is 0 Å². The maximum atomic E-state index is 11.9. The fourth-order valence-corrected chi connectivity index (χ4v) is 2.00. The van der Waals surface area contributed by atoms with Crippen LogP contribution in [0.25, 0.3) is 0 Å². The van der Waals surface area contributed by atoms with Crippen molar-refractivity contribution < 1.29 is 9.53 Å². The zero-order chi connectivity index (χ0) is 14.1. The van der Waals surface area contributed by atoms with Crippen molar-refractivity contribution in [1.29, 1.82) is 0 Å². The van der Waals surface area contributed by atoms with Gasteiger partial charge in [-0.2, -0.15) is 11.8 Å². The number of para-hydroxylation sites is 2. The van der Waals surface area contributed by atoms with Crippen LogP contribution in [0, 0.1) is 0 Å². The highest BCUT2D eigenvalue weighted by molar-refractivity contribution is 7.98. The zero-order valence-corrected chi connectivity index (χ0v) is 12.3. The van der Waals surface area contributed by atoms with Crippen LogP contribution in [0.5, 0.6) is 5.75 Å². The van der Waals surface area contributed by atoms with Gasteiger partial charge in [-0.25, -0.2) is 0 Å². The minimum absolute atomic E-state index is 0.165. The molecule has 5 heteroatoms. The molecule has 1 atom stereocenters. The first-order valence-electron chi connectivity index (χ1n) is 6.46. The molecule has 0 aromatic heterocycles. The number of carbonyl (C=O) groups is 1. The van der Waals surface area contributed by atoms with Gasteiger partial charge in [0.15, 0.2) is 0 Å². The second-order valence-electron chi connectivity index (χ2n) is 4.22. The molecule has 1 aromatic carbocycles. The average molecular weight is 282 g/mol. The summed E-state index contributed by atoms with van der Waals surface area (Å²) >= 11 is 1.68. The van der Waals surface area contributed by atoms with E-state index in [1.165, 1.54) is 0 Å². The van der Waals surface area contributed by atoms with Crippen LogP contribution in [0.2, 0.25) is 0 Å². The van der Waals surface area contributed by atoms with Crippen molar-refractivity contribution in [2.24, 2.45) is 5.73 Å². The maximum absolute atomic E-state index is 11.9. The molecule has 0 spiro atoms. The number of amides is 1. The molecule has 3 N–H and O–H groups in total. The Kier molecular flexibility index (Phi) is 7.36. The van der Waals surface area contributed by atoms with Crippen LogP contribution < -0.4 is 15.8 Å². The van der Waals surface area contributed by atoms with E-state index in [-0.39, 0.29) is 5.91 Å². The van der Waals surface area contributed by atoms with Gasteiger partial charge < -0.3 is 15.8 Å². The van der Waals surface area contributed by atoms with Crippen LogP contribution in [0.4, 0.5) is 5.69 Å². The summed E-state index contributed by atoms with van der Waals surface area (Å²) < 4.78 is 5.59. The molecule has 0 aliphatic heterocycles. The van der Waals surface area contributed by atoms with E-state index >= 15 is 0 Å². The summed E-state index contributed by atoms with van der Waals surface area (Å²) in [6.45, 7) is 2.67. The number of benzene rings is 1. The van der Waals surface area contributed by atoms with Gasteiger partial charge in [-0.05, 0) is 37.0 Å². The van der Waals surface area contributed by atoms with Crippen LogP contribution in [0.15, 0.2) is 24.3 Å². The van der Waals surface area contributed by atoms with Gasteiger partial charge in [-0.15, -0.1) is 0 Å². The largest absolute Gasteiger partial charge is 0.491 e. The van der Waals surface area contributed by atoms with Crippen LogP contribution in [-0.2, 0) is 4.79 Å². The van der Waals surface area contributed by atoms with E-state index in [1.54, 1.807) is 11.8 Å². The normalized spacial score (nSPS) is 11.9. The SMILES string of the molecule is CCCOc1ccccc1NC(=O)[C@H](N)CCSC. The van der Waals surface area contributed by atoms with E-state index in [4.69, 9.17) is 10.5 Å². The molecule has 0 aliphatic carbocycles. The van der Waals surface area contributed by atoms with Gasteiger partial charge in [0.1, 0.15) is 5.75 Å². The van der Waals surface area contributed by atoms with Gasteiger partial charge in [0.2, 0.25) is 5.91 Å². The Bertz CT molecular complexity index is 399. The number of nitrogens with two attached hydrogens (primary N) is 1. The first kappa shape index (κ1) is 15.9. The van der Waals surface area contributed by atoms with Gasteiger partial charge in [0, 0.05) is 0 Å². The van der Waals surface area contributed by atoms with Crippen molar-refractivity contribution in [1.82, 2.24) is 0 Å². The van der Waals surface area contributed by atoms with E-state index in [9.17, 15) is 4.79 Å². The molecule has 0 saturated heterocycles. The van der Waals surface area contributed by atoms with Gasteiger partial charge in [0.05, 0.1) is 18.3 Å². The van der Waals surface area contributed by atoms with Crippen LogP contribution >= 0.6 is 11.8 Å². The quantitative estimate of drug-likeness (QED) is 0.769. The predicted molar refractivity (Wildman–Crippen MR) is 81.8 cm³/mol. The number of anilines is 1. The number of ether oxygens (including phenoxy) is 1. The molecule has 19 heavy (non-hydrogen) atoms. The molecule has 0 unspecified atom stereocenters. The lowest BCUT2D eigenvalue weighted by Gasteiger charge is -2.14. The summed E-state index contributed by atoms with van der Waals surface area (Å²) in [6.07, 6.45) is 3.60. The van der Waals surface area contributed by atoms with Crippen molar-refractivity contribution in [2.75, 3.05) is 23.9 Å². The number of hydrogen-bond donors (Lipinski definition) is 2. The predicted octanol–water partition coefficient (Wildman–Crippen LogP) is 2.49. The molecule has 0 radical (unpaired) electrons. The Balaban J connectivity index is 2.62. The summed E-state index contributed by atoms with van der Waals surface area (Å²) in [4.78, 5) is 11.9. The van der Waals surface area contributed by atoms with Crippen molar-refractivity contribution in [3.05, 3.63) is 24.3 Å². The molecular formula is C14H22N2O2S. The minimum atomic E-state index is -0.480. The minimum Gasteiger partial charge on any atom is -0.491 e. The molecule has 0 fully saturated rings. The Morgan fingerprint density at radius 2 is 2.21 bits per heavy atom. The van der Waals surface area contributed by atoms with E-state index in [1.807, 2.05) is 37.4 Å². The van der Waals surface area contributed by atoms with Gasteiger partial charge in [0.25, 0.3) is 0 Å². The topological polar surface area (TPSA) is 64.3 Å². The van der Waals surface area contributed by atoms with E-state index in [0.717, 1.165) is 12.2 Å². The average Bonchev–Trinajstić information content (AvgIpc) is 2.43. The summed E-state index contributed by atoms with van der Waals surface area (Å²) in [5.41, 5.74) is 6.52. The van der Waals surface area contributed by atoms with Gasteiger partial charge in [-0.1, -0.05) is 19.1 Å². The van der Waals surface area contributed by atoms with Crippen molar-refractivity contribution in [2.45, 2.75) is 25.8 Å². The Morgan fingerprint density at radius 3 is 2.89 bits per heavy atom. The number of carbonyl (C=O) groups excluding carboxylic acids is 1. The zero-order valence-electron chi connectivity index (χ0n) is 11.5. The summed E-state index contributed by atoms with van der Waals surface area (Å²) in [5.74, 6) is 1.40. The standard InChI is InChI=1S/C14H22N2O2S/c1-3-9-18-13-7-5-4-6-12(13)16-14(17)11(15)8-10-19-2/h4-7,11H,3,8-10,15H2,1-2H3,(H,16,17)/t11-/m1/s1. The molecule has 0 aliphatic rings. The molecule has 1 rings (SSSR count). The van der Waals surface area contributed by atoms with Crippen molar-refractivity contribution in [3.63, 3.8) is 0 Å². The third kappa shape index (κ3) is 5.53. The van der Waals surface area contributed by atoms with Crippen LogP contribution in [0.1, 0.15) is 19.8 Å². The maximum Gasteiger partial charge on any atom is 0.241 e. The van der Waals surface area contributed by atoms with E-state index in [0.29, 0.717) is 24.5 Å². The molecule has 0 heterocycles. The highest BCUT2D eigenvalue weighted by Crippen LogP contribution is 2.24. The Labute approximate surface area is 119 Å². The molecule has 1 aromatic rings. The molecule has 0 bridgehead atoms. The first-order chi connectivity index (χ1) is 9.19. The molecule has 0 saturated carbocycles. The summed E-state index contributed by atoms with van der Waals surface area (Å²) in [6, 6.07) is 6.94. The first-order valence-corrected chi connectivity index (χ1v) is 7.85. The molecule has 106 valence electrons. The third-order valence-electron chi connectivity index (χ3n) is 2.58. The Morgan fingerprint density at radius 1 is 1.47 bits per heavy atom. The molecule has 1 amide bonds. The van der Waals surface area contributed by atoms with Gasteiger partial charge in [-0.3, -0.25) is 4.79 Å². The van der Waals surface area contributed by atoms with Crippen molar-refractivity contribution in [3.8, 4) is 5.75 Å². The van der Waals surface area contributed by atoms with Crippen molar-refractivity contribution >= 4 is 23.4 Å². The number of hydrogen-bond acceptors (Lipinski definition) is 4. The third-order valence-corrected chi connectivity index (χ3v) is 3.22. The van der Waals surface area contributed by atoms with E-state index < -0.39 is 6.04 Å². The lowest BCUT2D eigenvalue weighted by atomic mass is 10.2. The summed E-state index contributed by atoms with van der Waals surface area (Å²) in [7, 11) is 0. The lowest BCUT2D eigenvalue weighted by Crippen LogP contribution is -2.36.